The molecule has 0 radical (unpaired) electrons. The lowest BCUT2D eigenvalue weighted by atomic mass is 10.1. The third kappa shape index (κ3) is 4.75. The molecule has 1 aromatic rings. The van der Waals surface area contributed by atoms with Gasteiger partial charge in [-0.2, -0.15) is 0 Å². The number of nitrogens with one attached hydrogen (secondary N) is 1. The summed E-state index contributed by atoms with van der Waals surface area (Å²) < 4.78 is 13.0. The Morgan fingerprint density at radius 3 is 2.44 bits per heavy atom. The Bertz CT molecular complexity index is 293. The summed E-state index contributed by atoms with van der Waals surface area (Å²) in [6.45, 7) is 5.17. The third-order valence-electron chi connectivity index (χ3n) is 2.76. The van der Waals surface area contributed by atoms with Crippen molar-refractivity contribution in [3.8, 4) is 0 Å². The van der Waals surface area contributed by atoms with Gasteiger partial charge in [0.15, 0.2) is 0 Å². The normalized spacial score (nSPS) is 11.0. The van der Waals surface area contributed by atoms with E-state index in [4.69, 9.17) is 0 Å². The van der Waals surface area contributed by atoms with Crippen LogP contribution in [-0.2, 0) is 6.54 Å². The van der Waals surface area contributed by atoms with Gasteiger partial charge in [-0.1, -0.05) is 38.8 Å². The maximum Gasteiger partial charge on any atom is 0.123 e. The van der Waals surface area contributed by atoms with Crippen LogP contribution >= 0.6 is 0 Å². The van der Waals surface area contributed by atoms with Crippen LogP contribution in [0.25, 0.3) is 0 Å². The van der Waals surface area contributed by atoms with Gasteiger partial charge in [0.1, 0.15) is 5.82 Å². The second kappa shape index (κ2) is 7.39. The van der Waals surface area contributed by atoms with Gasteiger partial charge in [0.2, 0.25) is 0 Å². The lowest BCUT2D eigenvalue weighted by Crippen LogP contribution is -2.28. The minimum Gasteiger partial charge on any atom is -0.310 e. The van der Waals surface area contributed by atoms with Gasteiger partial charge in [-0.25, -0.2) is 4.39 Å². The van der Waals surface area contributed by atoms with E-state index >= 15 is 0 Å². The molecule has 0 aliphatic carbocycles. The molecule has 0 amide bonds. The molecule has 1 aromatic carbocycles. The van der Waals surface area contributed by atoms with Crippen molar-refractivity contribution in [2.24, 2.45) is 0 Å². The van der Waals surface area contributed by atoms with Crippen LogP contribution in [0.2, 0.25) is 0 Å². The van der Waals surface area contributed by atoms with Crippen molar-refractivity contribution in [3.63, 3.8) is 0 Å². The van der Waals surface area contributed by atoms with Crippen LogP contribution in [0.4, 0.5) is 4.39 Å². The number of halogens is 1. The molecule has 0 saturated heterocycles. The van der Waals surface area contributed by atoms with Crippen molar-refractivity contribution in [2.45, 2.75) is 52.1 Å². The molecular weight excluding hydrogens is 201 g/mol. The first kappa shape index (κ1) is 13.2. The van der Waals surface area contributed by atoms with Crippen LogP contribution in [0.3, 0.4) is 0 Å². The Morgan fingerprint density at radius 2 is 1.88 bits per heavy atom. The molecule has 90 valence electrons. The Labute approximate surface area is 98.1 Å². The molecule has 0 spiro atoms. The van der Waals surface area contributed by atoms with E-state index in [1.165, 1.54) is 31.7 Å². The van der Waals surface area contributed by atoms with E-state index in [1.807, 2.05) is 6.07 Å². The molecule has 1 N–H and O–H groups in total. The summed E-state index contributed by atoms with van der Waals surface area (Å²) in [5, 5.41) is 3.50. The highest BCUT2D eigenvalue weighted by Gasteiger charge is 2.05. The fourth-order valence-corrected chi connectivity index (χ4v) is 1.95. The van der Waals surface area contributed by atoms with Gasteiger partial charge in [-0.15, -0.1) is 0 Å². The fourth-order valence-electron chi connectivity index (χ4n) is 1.95. The third-order valence-corrected chi connectivity index (χ3v) is 2.76. The van der Waals surface area contributed by atoms with Crippen LogP contribution < -0.4 is 5.32 Å². The van der Waals surface area contributed by atoms with E-state index < -0.39 is 0 Å². The lowest BCUT2D eigenvalue weighted by molar-refractivity contribution is 0.442. The van der Waals surface area contributed by atoms with Gasteiger partial charge >= 0.3 is 0 Å². The van der Waals surface area contributed by atoms with E-state index in [1.54, 1.807) is 12.1 Å². The van der Waals surface area contributed by atoms with Crippen molar-refractivity contribution < 1.29 is 4.39 Å². The molecule has 1 nitrogen and oxygen atoms in total. The molecule has 0 aromatic heterocycles. The van der Waals surface area contributed by atoms with Crippen molar-refractivity contribution in [3.05, 3.63) is 35.6 Å². The summed E-state index contributed by atoms with van der Waals surface area (Å²) in [7, 11) is 0. The Hall–Kier alpha value is -0.890. The minimum atomic E-state index is -0.151. The highest BCUT2D eigenvalue weighted by atomic mass is 19.1. The molecule has 2 heteroatoms. The summed E-state index contributed by atoms with van der Waals surface area (Å²) in [5.41, 5.74) is 1.03. The first-order chi connectivity index (χ1) is 7.76. The summed E-state index contributed by atoms with van der Waals surface area (Å²) in [6.07, 6.45) is 4.79. The van der Waals surface area contributed by atoms with Crippen LogP contribution in [-0.4, -0.2) is 6.04 Å². The van der Waals surface area contributed by atoms with Gasteiger partial charge in [0.05, 0.1) is 0 Å². The topological polar surface area (TPSA) is 12.0 Å². The van der Waals surface area contributed by atoms with Crippen molar-refractivity contribution >= 4 is 0 Å². The largest absolute Gasteiger partial charge is 0.310 e. The summed E-state index contributed by atoms with van der Waals surface area (Å²) in [6, 6.07) is 7.38. The first-order valence-electron chi connectivity index (χ1n) is 6.24. The maximum absolute atomic E-state index is 13.0. The van der Waals surface area contributed by atoms with Gasteiger partial charge in [-0.05, 0) is 30.5 Å². The van der Waals surface area contributed by atoms with Gasteiger partial charge < -0.3 is 5.32 Å². The molecule has 0 atom stereocenters. The smallest absolute Gasteiger partial charge is 0.123 e. The van der Waals surface area contributed by atoms with Crippen LogP contribution in [0.5, 0.6) is 0 Å². The molecular formula is C14H22FN. The Balaban J connectivity index is 2.41. The SMILES string of the molecule is CCCC(CCC)NCc1cccc(F)c1. The van der Waals surface area contributed by atoms with Crippen molar-refractivity contribution in [1.82, 2.24) is 5.32 Å². The lowest BCUT2D eigenvalue weighted by Gasteiger charge is -2.17. The molecule has 0 aliphatic heterocycles. The number of rotatable bonds is 7. The van der Waals surface area contributed by atoms with Gasteiger partial charge in [-0.3, -0.25) is 0 Å². The molecule has 1 rings (SSSR count). The van der Waals surface area contributed by atoms with Gasteiger partial charge in [0, 0.05) is 12.6 Å². The van der Waals surface area contributed by atoms with E-state index in [9.17, 15) is 4.39 Å². The molecule has 16 heavy (non-hydrogen) atoms. The van der Waals surface area contributed by atoms with Crippen LogP contribution in [0, 0.1) is 5.82 Å². The van der Waals surface area contributed by atoms with E-state index in [-0.39, 0.29) is 5.82 Å². The number of hydrogen-bond donors (Lipinski definition) is 1. The molecule has 0 saturated carbocycles. The highest BCUT2D eigenvalue weighted by Crippen LogP contribution is 2.07. The summed E-state index contributed by atoms with van der Waals surface area (Å²) in [5.74, 6) is -0.151. The number of benzene rings is 1. The standard InChI is InChI=1S/C14H22FN/c1-3-6-14(7-4-2)16-11-12-8-5-9-13(15)10-12/h5,8-10,14,16H,3-4,6-7,11H2,1-2H3. The van der Waals surface area contributed by atoms with Crippen molar-refractivity contribution in [1.29, 1.82) is 0 Å². The number of hydrogen-bond acceptors (Lipinski definition) is 1. The Morgan fingerprint density at radius 1 is 1.19 bits per heavy atom. The van der Waals surface area contributed by atoms with Crippen LogP contribution in [0.15, 0.2) is 24.3 Å². The predicted molar refractivity (Wildman–Crippen MR) is 66.8 cm³/mol. The zero-order valence-corrected chi connectivity index (χ0v) is 10.3. The minimum absolute atomic E-state index is 0.151. The zero-order valence-electron chi connectivity index (χ0n) is 10.3. The Kier molecular flexibility index (Phi) is 6.09. The monoisotopic (exact) mass is 223 g/mol. The first-order valence-corrected chi connectivity index (χ1v) is 6.24. The maximum atomic E-state index is 13.0. The quantitative estimate of drug-likeness (QED) is 0.739. The van der Waals surface area contributed by atoms with E-state index in [2.05, 4.69) is 19.2 Å². The summed E-state index contributed by atoms with van der Waals surface area (Å²) in [4.78, 5) is 0. The average molecular weight is 223 g/mol. The summed E-state index contributed by atoms with van der Waals surface area (Å²) >= 11 is 0. The van der Waals surface area contributed by atoms with E-state index in [0.29, 0.717) is 6.04 Å². The highest BCUT2D eigenvalue weighted by molar-refractivity contribution is 5.16. The van der Waals surface area contributed by atoms with Gasteiger partial charge in [0.25, 0.3) is 0 Å². The molecule has 0 aliphatic rings. The fraction of sp³-hybridized carbons (Fsp3) is 0.571. The zero-order chi connectivity index (χ0) is 11.8. The molecule has 0 bridgehead atoms. The van der Waals surface area contributed by atoms with Crippen LogP contribution in [0.1, 0.15) is 45.1 Å². The second-order valence-electron chi connectivity index (χ2n) is 4.29. The average Bonchev–Trinajstić information content (AvgIpc) is 2.27. The van der Waals surface area contributed by atoms with E-state index in [0.717, 1.165) is 12.1 Å². The molecule has 0 fully saturated rings. The second-order valence-corrected chi connectivity index (χ2v) is 4.29. The van der Waals surface area contributed by atoms with Crippen molar-refractivity contribution in [2.75, 3.05) is 0 Å². The predicted octanol–water partition coefficient (Wildman–Crippen LogP) is 3.88. The molecule has 0 unspecified atom stereocenters. The molecule has 0 heterocycles.